The van der Waals surface area contributed by atoms with Crippen LogP contribution in [0.5, 0.6) is 5.75 Å². The van der Waals surface area contributed by atoms with E-state index in [2.05, 4.69) is 24.4 Å². The van der Waals surface area contributed by atoms with Crippen LogP contribution in [0.2, 0.25) is 0 Å². The second-order valence-electron chi connectivity index (χ2n) is 6.47. The Labute approximate surface area is 164 Å². The zero-order valence-corrected chi connectivity index (χ0v) is 16.9. The third kappa shape index (κ3) is 4.42. The number of rotatable bonds is 6. The first-order chi connectivity index (χ1) is 13.0. The van der Waals surface area contributed by atoms with Gasteiger partial charge in [0.05, 0.1) is 18.4 Å². The quantitative estimate of drug-likeness (QED) is 0.601. The number of aromatic nitrogens is 1. The lowest BCUT2D eigenvalue weighted by molar-refractivity contribution is -0.113. The lowest BCUT2D eigenvalue weighted by Crippen LogP contribution is -2.16. The molecule has 0 aliphatic carbocycles. The number of carbonyl (C=O) groups is 1. The van der Waals surface area contributed by atoms with Gasteiger partial charge in [0, 0.05) is 17.1 Å². The fraction of sp³-hybridized carbons (Fsp3) is 0.273. The number of hydrogen-bond donors (Lipinski definition) is 1. The van der Waals surface area contributed by atoms with Gasteiger partial charge in [-0.25, -0.2) is 4.98 Å². The average Bonchev–Trinajstić information content (AvgIpc) is 2.67. The predicted octanol–water partition coefficient (Wildman–Crippen LogP) is 5.15. The van der Waals surface area contributed by atoms with Gasteiger partial charge in [0.2, 0.25) is 5.91 Å². The minimum Gasteiger partial charge on any atom is -0.497 e. The normalized spacial score (nSPS) is 10.8. The van der Waals surface area contributed by atoms with E-state index >= 15 is 0 Å². The molecule has 0 aliphatic heterocycles. The minimum absolute atomic E-state index is 0.0176. The molecule has 0 bridgehead atoms. The van der Waals surface area contributed by atoms with Crippen LogP contribution in [-0.2, 0) is 11.2 Å². The molecule has 0 saturated carbocycles. The standard InChI is InChI=1S/C22H24N2O2S/c1-5-16-8-6-7-14(2)21(16)24-20(25)13-27-22-15(3)11-17-9-10-18(26-4)12-19(17)23-22/h6-12H,5,13H2,1-4H3,(H,24,25). The number of thioether (sulfide) groups is 1. The van der Waals surface area contributed by atoms with Crippen molar-refractivity contribution in [1.82, 2.24) is 4.98 Å². The Balaban J connectivity index is 1.74. The molecule has 0 spiro atoms. The number of methoxy groups -OCH3 is 1. The molecule has 1 aromatic heterocycles. The number of ether oxygens (including phenoxy) is 1. The van der Waals surface area contributed by atoms with Crippen molar-refractivity contribution < 1.29 is 9.53 Å². The van der Waals surface area contributed by atoms with Crippen LogP contribution in [0, 0.1) is 13.8 Å². The molecule has 0 radical (unpaired) electrons. The number of nitrogens with one attached hydrogen (secondary N) is 1. The number of carbonyl (C=O) groups excluding carboxylic acids is 1. The molecule has 2 aromatic carbocycles. The first kappa shape index (κ1) is 19.2. The Bertz CT molecular complexity index is 985. The van der Waals surface area contributed by atoms with Crippen molar-refractivity contribution in [3.8, 4) is 5.75 Å². The minimum atomic E-state index is -0.0176. The van der Waals surface area contributed by atoms with Crippen molar-refractivity contribution in [2.75, 3.05) is 18.2 Å². The van der Waals surface area contributed by atoms with Crippen LogP contribution in [0.25, 0.3) is 10.9 Å². The van der Waals surface area contributed by atoms with E-state index in [1.807, 2.05) is 44.2 Å². The monoisotopic (exact) mass is 380 g/mol. The molecule has 1 heterocycles. The van der Waals surface area contributed by atoms with E-state index in [1.165, 1.54) is 11.8 Å². The van der Waals surface area contributed by atoms with Crippen molar-refractivity contribution in [3.05, 3.63) is 59.2 Å². The number of pyridine rings is 1. The van der Waals surface area contributed by atoms with Gasteiger partial charge in [0.25, 0.3) is 0 Å². The predicted molar refractivity (Wildman–Crippen MR) is 113 cm³/mol. The molecule has 1 N–H and O–H groups in total. The summed E-state index contributed by atoms with van der Waals surface area (Å²) < 4.78 is 5.28. The summed E-state index contributed by atoms with van der Waals surface area (Å²) >= 11 is 1.46. The van der Waals surface area contributed by atoms with E-state index < -0.39 is 0 Å². The van der Waals surface area contributed by atoms with Crippen LogP contribution in [0.3, 0.4) is 0 Å². The van der Waals surface area contributed by atoms with E-state index in [0.29, 0.717) is 5.75 Å². The van der Waals surface area contributed by atoms with Gasteiger partial charge in [-0.2, -0.15) is 0 Å². The molecule has 0 unspecified atom stereocenters. The van der Waals surface area contributed by atoms with Gasteiger partial charge in [-0.15, -0.1) is 0 Å². The first-order valence-electron chi connectivity index (χ1n) is 8.98. The van der Waals surface area contributed by atoms with Crippen LogP contribution >= 0.6 is 11.8 Å². The van der Waals surface area contributed by atoms with Gasteiger partial charge in [-0.3, -0.25) is 4.79 Å². The van der Waals surface area contributed by atoms with Crippen LogP contribution < -0.4 is 10.1 Å². The summed E-state index contributed by atoms with van der Waals surface area (Å²) in [6.07, 6.45) is 0.887. The van der Waals surface area contributed by atoms with Crippen molar-refractivity contribution in [2.45, 2.75) is 32.2 Å². The van der Waals surface area contributed by atoms with E-state index in [0.717, 1.165) is 50.5 Å². The van der Waals surface area contributed by atoms with E-state index in [1.54, 1.807) is 7.11 Å². The van der Waals surface area contributed by atoms with Gasteiger partial charge in [0.1, 0.15) is 10.8 Å². The number of nitrogens with zero attached hydrogens (tertiary/aromatic N) is 1. The Morgan fingerprint density at radius 1 is 1.15 bits per heavy atom. The van der Waals surface area contributed by atoms with Crippen LogP contribution in [-0.4, -0.2) is 23.8 Å². The Kier molecular flexibility index (Phi) is 6.01. The third-order valence-electron chi connectivity index (χ3n) is 4.51. The highest BCUT2D eigenvalue weighted by atomic mass is 32.2. The van der Waals surface area contributed by atoms with Crippen molar-refractivity contribution in [2.24, 2.45) is 0 Å². The molecule has 5 heteroatoms. The summed E-state index contributed by atoms with van der Waals surface area (Å²) in [4.78, 5) is 17.2. The maximum absolute atomic E-state index is 12.5. The first-order valence-corrected chi connectivity index (χ1v) is 9.97. The second kappa shape index (κ2) is 8.44. The maximum Gasteiger partial charge on any atom is 0.234 e. The zero-order valence-electron chi connectivity index (χ0n) is 16.1. The fourth-order valence-corrected chi connectivity index (χ4v) is 3.81. The average molecular weight is 381 g/mol. The molecule has 4 nitrogen and oxygen atoms in total. The number of benzene rings is 2. The molecule has 3 rings (SSSR count). The van der Waals surface area contributed by atoms with Crippen LogP contribution in [0.4, 0.5) is 5.69 Å². The highest BCUT2D eigenvalue weighted by Gasteiger charge is 2.11. The summed E-state index contributed by atoms with van der Waals surface area (Å²) in [5, 5.41) is 5.00. The summed E-state index contributed by atoms with van der Waals surface area (Å²) in [6, 6.07) is 14.0. The Morgan fingerprint density at radius 3 is 2.70 bits per heavy atom. The van der Waals surface area contributed by atoms with E-state index in [-0.39, 0.29) is 5.91 Å². The van der Waals surface area contributed by atoms with Crippen molar-refractivity contribution in [1.29, 1.82) is 0 Å². The molecule has 0 atom stereocenters. The molecule has 0 fully saturated rings. The van der Waals surface area contributed by atoms with Gasteiger partial charge in [-0.05, 0) is 55.2 Å². The molecule has 140 valence electrons. The highest BCUT2D eigenvalue weighted by molar-refractivity contribution is 8.00. The Morgan fingerprint density at radius 2 is 1.96 bits per heavy atom. The Hall–Kier alpha value is -2.53. The number of amides is 1. The second-order valence-corrected chi connectivity index (χ2v) is 7.43. The van der Waals surface area contributed by atoms with Gasteiger partial charge in [-0.1, -0.05) is 36.9 Å². The summed E-state index contributed by atoms with van der Waals surface area (Å²) in [7, 11) is 1.64. The highest BCUT2D eigenvalue weighted by Crippen LogP contribution is 2.27. The lowest BCUT2D eigenvalue weighted by Gasteiger charge is -2.13. The smallest absolute Gasteiger partial charge is 0.234 e. The molecular weight excluding hydrogens is 356 g/mol. The van der Waals surface area contributed by atoms with Crippen LogP contribution in [0.15, 0.2) is 47.5 Å². The lowest BCUT2D eigenvalue weighted by atomic mass is 10.1. The number of hydrogen-bond acceptors (Lipinski definition) is 4. The number of fused-ring (bicyclic) bond motifs is 1. The molecule has 27 heavy (non-hydrogen) atoms. The van der Waals surface area contributed by atoms with Gasteiger partial charge in [0.15, 0.2) is 0 Å². The van der Waals surface area contributed by atoms with E-state index in [9.17, 15) is 4.79 Å². The van der Waals surface area contributed by atoms with Gasteiger partial charge >= 0.3 is 0 Å². The van der Waals surface area contributed by atoms with E-state index in [4.69, 9.17) is 9.72 Å². The van der Waals surface area contributed by atoms with Gasteiger partial charge < -0.3 is 10.1 Å². The molecule has 0 saturated heterocycles. The summed E-state index contributed by atoms with van der Waals surface area (Å²) in [5.74, 6) is 1.08. The summed E-state index contributed by atoms with van der Waals surface area (Å²) in [5.41, 5.74) is 5.10. The summed E-state index contributed by atoms with van der Waals surface area (Å²) in [6.45, 7) is 6.13. The molecule has 1 amide bonds. The SMILES string of the molecule is CCc1cccc(C)c1NC(=O)CSc1nc2cc(OC)ccc2cc1C. The number of aryl methyl sites for hydroxylation is 3. The fourth-order valence-electron chi connectivity index (χ4n) is 3.02. The van der Waals surface area contributed by atoms with Crippen LogP contribution in [0.1, 0.15) is 23.6 Å². The van der Waals surface area contributed by atoms with Crippen molar-refractivity contribution in [3.63, 3.8) is 0 Å². The topological polar surface area (TPSA) is 51.2 Å². The van der Waals surface area contributed by atoms with Crippen molar-refractivity contribution >= 4 is 34.3 Å². The largest absolute Gasteiger partial charge is 0.497 e. The maximum atomic E-state index is 12.5. The molecular formula is C22H24N2O2S. The zero-order chi connectivity index (χ0) is 19.4. The number of para-hydroxylation sites is 1. The molecule has 3 aromatic rings. The molecule has 0 aliphatic rings. The third-order valence-corrected chi connectivity index (χ3v) is 5.61. The number of anilines is 1.